The van der Waals surface area contributed by atoms with Crippen LogP contribution in [0.15, 0.2) is 60.7 Å². The number of hydrogen-bond donors (Lipinski definition) is 1. The first-order valence-electron chi connectivity index (χ1n) is 13.5. The zero-order valence-electron chi connectivity index (χ0n) is 23.5. The number of fused-ring (bicyclic) bond motifs is 1. The maximum atomic E-state index is 13.8. The van der Waals surface area contributed by atoms with Crippen LogP contribution in [-0.2, 0) is 21.6 Å². The number of amides is 2. The summed E-state index contributed by atoms with van der Waals surface area (Å²) < 4.78 is 11.7. The summed E-state index contributed by atoms with van der Waals surface area (Å²) in [5, 5.41) is 12.0. The van der Waals surface area contributed by atoms with E-state index in [9.17, 15) is 14.7 Å². The van der Waals surface area contributed by atoms with Crippen LogP contribution >= 0.6 is 11.6 Å². The van der Waals surface area contributed by atoms with E-state index in [2.05, 4.69) is 0 Å². The van der Waals surface area contributed by atoms with Gasteiger partial charge in [0.25, 0.3) is 0 Å². The topological polar surface area (TPSA) is 79.3 Å². The van der Waals surface area contributed by atoms with Crippen molar-refractivity contribution in [3.05, 3.63) is 87.9 Å². The second-order valence-corrected chi connectivity index (χ2v) is 11.5. The number of carbonyl (C=O) groups is 2. The lowest BCUT2D eigenvalue weighted by atomic mass is 9.78. The van der Waals surface area contributed by atoms with Gasteiger partial charge in [0.2, 0.25) is 11.8 Å². The first-order valence-corrected chi connectivity index (χ1v) is 13.9. The summed E-state index contributed by atoms with van der Waals surface area (Å²) >= 11 is 6.22. The third-order valence-corrected chi connectivity index (χ3v) is 8.24. The molecule has 2 atom stereocenters. The molecule has 1 unspecified atom stereocenters. The number of carbonyl (C=O) groups excluding carboxylic acids is 2. The zero-order chi connectivity index (χ0) is 28.8. The predicted molar refractivity (Wildman–Crippen MR) is 155 cm³/mol. The number of nitrogens with zero attached hydrogens (tertiary/aromatic N) is 2. The fraction of sp³-hybridized carbons (Fsp3) is 0.375. The van der Waals surface area contributed by atoms with Crippen molar-refractivity contribution in [2.24, 2.45) is 5.92 Å². The normalized spacial score (nSPS) is 18.7. The van der Waals surface area contributed by atoms with Crippen LogP contribution in [0.2, 0.25) is 5.02 Å². The van der Waals surface area contributed by atoms with Crippen LogP contribution in [0.25, 0.3) is 0 Å². The number of ether oxygens (including phenoxy) is 2. The number of aliphatic hydroxyl groups is 1. The summed E-state index contributed by atoms with van der Waals surface area (Å²) in [5.41, 5.74) is 3.11. The van der Waals surface area contributed by atoms with E-state index in [0.29, 0.717) is 29.6 Å². The Balaban J connectivity index is 1.55. The smallest absolute Gasteiger partial charge is 0.232 e. The lowest BCUT2D eigenvalue weighted by Gasteiger charge is -2.46. The summed E-state index contributed by atoms with van der Waals surface area (Å²) in [6.07, 6.45) is 0.154. The van der Waals surface area contributed by atoms with Crippen LogP contribution in [0.1, 0.15) is 56.0 Å². The lowest BCUT2D eigenvalue weighted by Crippen LogP contribution is -2.56. The highest BCUT2D eigenvalue weighted by atomic mass is 35.5. The molecule has 0 saturated carbocycles. The fourth-order valence-electron chi connectivity index (χ4n) is 5.62. The van der Waals surface area contributed by atoms with Gasteiger partial charge in [-0.3, -0.25) is 9.59 Å². The van der Waals surface area contributed by atoms with Crippen molar-refractivity contribution in [1.82, 2.24) is 4.90 Å². The molecule has 40 heavy (non-hydrogen) atoms. The molecule has 2 aliphatic rings. The van der Waals surface area contributed by atoms with Gasteiger partial charge in [-0.15, -0.1) is 0 Å². The molecule has 3 aromatic rings. The highest BCUT2D eigenvalue weighted by Gasteiger charge is 2.43. The Morgan fingerprint density at radius 1 is 1.05 bits per heavy atom. The van der Waals surface area contributed by atoms with Gasteiger partial charge in [0, 0.05) is 36.6 Å². The Kier molecular flexibility index (Phi) is 7.55. The van der Waals surface area contributed by atoms with E-state index in [1.165, 1.54) is 0 Å². The Morgan fingerprint density at radius 3 is 2.27 bits per heavy atom. The molecule has 3 aromatic carbocycles. The lowest BCUT2D eigenvalue weighted by molar-refractivity contribution is -0.144. The van der Waals surface area contributed by atoms with Gasteiger partial charge in [0.1, 0.15) is 0 Å². The van der Waals surface area contributed by atoms with E-state index >= 15 is 0 Å². The molecule has 1 fully saturated rings. The molecular weight excluding hydrogens is 528 g/mol. The summed E-state index contributed by atoms with van der Waals surface area (Å²) in [4.78, 5) is 28.9. The molecule has 8 heteroatoms. The molecule has 1 N–H and O–H groups in total. The van der Waals surface area contributed by atoms with E-state index in [0.717, 1.165) is 27.9 Å². The number of rotatable bonds is 7. The second kappa shape index (κ2) is 10.8. The third kappa shape index (κ3) is 5.16. The minimum absolute atomic E-state index is 0.0131. The van der Waals surface area contributed by atoms with Gasteiger partial charge in [-0.05, 0) is 79.4 Å². The average molecular weight is 563 g/mol. The third-order valence-electron chi connectivity index (χ3n) is 7.99. The molecule has 0 aromatic heterocycles. The minimum atomic E-state index is -1.10. The largest absolute Gasteiger partial charge is 0.493 e. The molecule has 2 amide bonds. The van der Waals surface area contributed by atoms with Crippen LogP contribution in [0, 0.1) is 5.92 Å². The number of anilines is 1. The molecule has 1 saturated heterocycles. The number of hydrogen-bond acceptors (Lipinski definition) is 5. The van der Waals surface area contributed by atoms with Gasteiger partial charge in [0.15, 0.2) is 11.5 Å². The molecule has 0 bridgehead atoms. The van der Waals surface area contributed by atoms with E-state index in [1.54, 1.807) is 30.8 Å². The van der Waals surface area contributed by atoms with Crippen molar-refractivity contribution in [1.29, 1.82) is 0 Å². The van der Waals surface area contributed by atoms with Crippen LogP contribution in [0.3, 0.4) is 0 Å². The Hall–Kier alpha value is -3.55. The van der Waals surface area contributed by atoms with Crippen molar-refractivity contribution in [2.45, 2.75) is 51.9 Å². The zero-order valence-corrected chi connectivity index (χ0v) is 24.2. The van der Waals surface area contributed by atoms with Gasteiger partial charge < -0.3 is 24.4 Å². The predicted octanol–water partition coefficient (Wildman–Crippen LogP) is 5.50. The molecule has 0 radical (unpaired) electrons. The van der Waals surface area contributed by atoms with Crippen LogP contribution < -0.4 is 14.4 Å². The number of halogens is 1. The van der Waals surface area contributed by atoms with Crippen LogP contribution in [-0.4, -0.2) is 48.1 Å². The Labute approximate surface area is 240 Å². The molecule has 210 valence electrons. The SMILES string of the molecule is COc1cc2c(cc1OC(C)C)C(c1ccc(Cl)cc1)N(c1ccc([C@@](C)(O)C3CN(C(C)=O)C3)cc1)C(=O)C2. The van der Waals surface area contributed by atoms with E-state index < -0.39 is 11.6 Å². The monoisotopic (exact) mass is 562 g/mol. The van der Waals surface area contributed by atoms with Crippen molar-refractivity contribution < 1.29 is 24.2 Å². The standard InChI is InChI=1S/C32H35ClN2O5/c1-19(2)40-29-16-27-22(14-28(29)39-5)15-30(37)35(31(27)21-6-10-25(33)11-7-21)26-12-8-23(9-13-26)32(4,38)24-17-34(18-24)20(3)36/h6-14,16,19,24,31,38H,15,17-18H2,1-5H3/t31?,32-/m1/s1. The molecule has 0 spiro atoms. The number of benzene rings is 3. The van der Waals surface area contributed by atoms with Gasteiger partial charge in [-0.25, -0.2) is 0 Å². The van der Waals surface area contributed by atoms with Crippen molar-refractivity contribution in [3.63, 3.8) is 0 Å². The molecule has 5 rings (SSSR count). The Morgan fingerprint density at radius 2 is 1.70 bits per heavy atom. The van der Waals surface area contributed by atoms with Gasteiger partial charge in [-0.2, -0.15) is 0 Å². The van der Waals surface area contributed by atoms with Crippen LogP contribution in [0.5, 0.6) is 11.5 Å². The average Bonchev–Trinajstić information content (AvgIpc) is 2.87. The maximum absolute atomic E-state index is 13.8. The summed E-state index contributed by atoms with van der Waals surface area (Å²) in [6, 6.07) is 18.5. The van der Waals surface area contributed by atoms with Crippen LogP contribution in [0.4, 0.5) is 5.69 Å². The van der Waals surface area contributed by atoms with Gasteiger partial charge in [0.05, 0.1) is 31.3 Å². The summed E-state index contributed by atoms with van der Waals surface area (Å²) in [5.74, 6) is 1.12. The van der Waals surface area contributed by atoms with Gasteiger partial charge >= 0.3 is 0 Å². The van der Waals surface area contributed by atoms with Crippen molar-refractivity contribution in [2.75, 3.05) is 25.1 Å². The Bertz CT molecular complexity index is 1410. The van der Waals surface area contributed by atoms with Gasteiger partial charge in [-0.1, -0.05) is 35.9 Å². The maximum Gasteiger partial charge on any atom is 0.232 e. The number of likely N-dealkylation sites (tertiary alicyclic amines) is 1. The fourth-order valence-corrected chi connectivity index (χ4v) is 5.74. The highest BCUT2D eigenvalue weighted by molar-refractivity contribution is 6.30. The first-order chi connectivity index (χ1) is 19.0. The van der Waals surface area contributed by atoms with E-state index in [1.807, 2.05) is 74.5 Å². The van der Waals surface area contributed by atoms with Crippen molar-refractivity contribution >= 4 is 29.1 Å². The molecular formula is C32H35ClN2O5. The van der Waals surface area contributed by atoms with E-state index in [-0.39, 0.29) is 30.3 Å². The highest BCUT2D eigenvalue weighted by Crippen LogP contribution is 2.44. The quantitative estimate of drug-likeness (QED) is 0.411. The molecule has 2 heterocycles. The molecule has 0 aliphatic carbocycles. The van der Waals surface area contributed by atoms with E-state index in [4.69, 9.17) is 21.1 Å². The summed E-state index contributed by atoms with van der Waals surface area (Å²) in [6.45, 7) is 8.29. The first kappa shape index (κ1) is 28.0. The van der Waals surface area contributed by atoms with Crippen molar-refractivity contribution in [3.8, 4) is 11.5 Å². The molecule has 2 aliphatic heterocycles. The number of methoxy groups -OCH3 is 1. The minimum Gasteiger partial charge on any atom is -0.493 e. The molecule has 7 nitrogen and oxygen atoms in total. The summed E-state index contributed by atoms with van der Waals surface area (Å²) in [7, 11) is 1.60. The second-order valence-electron chi connectivity index (χ2n) is 11.1.